The van der Waals surface area contributed by atoms with Crippen molar-refractivity contribution >= 4 is 23.4 Å². The number of hydrogen-bond donors (Lipinski definition) is 1. The number of nitrogens with zero attached hydrogens (tertiary/aromatic N) is 1. The van der Waals surface area contributed by atoms with Crippen molar-refractivity contribution in [3.8, 4) is 11.1 Å². The molecule has 3 rings (SSSR count). The number of thioether (sulfide) groups is 1. The van der Waals surface area contributed by atoms with Gasteiger partial charge in [0.25, 0.3) is 0 Å². The van der Waals surface area contributed by atoms with Crippen molar-refractivity contribution in [3.05, 3.63) is 84.4 Å². The van der Waals surface area contributed by atoms with Gasteiger partial charge in [0.15, 0.2) is 0 Å². The maximum Gasteiger partial charge on any atom is 0.241 e. The molecular weight excluding hydrogens is 364 g/mol. The largest absolute Gasteiger partial charge is 0.324 e. The molecule has 3 aromatic carbocycles. The molecule has 28 heavy (non-hydrogen) atoms. The van der Waals surface area contributed by atoms with E-state index in [1.807, 2.05) is 56.4 Å². The van der Waals surface area contributed by atoms with Crippen molar-refractivity contribution in [2.75, 3.05) is 18.6 Å². The van der Waals surface area contributed by atoms with Gasteiger partial charge in [0.2, 0.25) is 5.91 Å². The third-order valence-electron chi connectivity index (χ3n) is 4.90. The van der Waals surface area contributed by atoms with Crippen molar-refractivity contribution in [2.24, 2.45) is 0 Å². The number of nitrogens with one attached hydrogen (secondary N) is 1. The maximum atomic E-state index is 12.9. The van der Waals surface area contributed by atoms with Gasteiger partial charge in [0.1, 0.15) is 0 Å². The van der Waals surface area contributed by atoms with Crippen LogP contribution in [0.4, 0.5) is 5.69 Å². The molecule has 0 heterocycles. The summed E-state index contributed by atoms with van der Waals surface area (Å²) in [5.41, 5.74) is 4.15. The maximum absolute atomic E-state index is 12.9. The van der Waals surface area contributed by atoms with Crippen molar-refractivity contribution in [1.82, 2.24) is 4.90 Å². The Labute approximate surface area is 171 Å². The number of amides is 1. The molecule has 3 aromatic rings. The number of benzene rings is 3. The predicted molar refractivity (Wildman–Crippen MR) is 120 cm³/mol. The number of para-hydroxylation sites is 1. The highest BCUT2D eigenvalue weighted by Gasteiger charge is 2.19. The minimum atomic E-state index is -0.246. The third kappa shape index (κ3) is 5.03. The van der Waals surface area contributed by atoms with Crippen LogP contribution in [0, 0.1) is 0 Å². The van der Waals surface area contributed by atoms with E-state index < -0.39 is 0 Å². The van der Waals surface area contributed by atoms with Crippen molar-refractivity contribution in [3.63, 3.8) is 0 Å². The summed E-state index contributed by atoms with van der Waals surface area (Å²) in [4.78, 5) is 16.2. The molecule has 0 spiro atoms. The van der Waals surface area contributed by atoms with Crippen LogP contribution in [0.1, 0.15) is 12.5 Å². The van der Waals surface area contributed by atoms with Gasteiger partial charge < -0.3 is 5.32 Å². The lowest BCUT2D eigenvalue weighted by atomic mass is 10.0. The van der Waals surface area contributed by atoms with Crippen LogP contribution in [0.15, 0.2) is 83.8 Å². The molecule has 0 unspecified atom stereocenters. The lowest BCUT2D eigenvalue weighted by molar-refractivity contribution is -0.120. The van der Waals surface area contributed by atoms with Gasteiger partial charge in [-0.1, -0.05) is 60.7 Å². The second kappa shape index (κ2) is 9.58. The molecule has 0 aliphatic heterocycles. The quantitative estimate of drug-likeness (QED) is 0.538. The Morgan fingerprint density at radius 1 is 0.964 bits per heavy atom. The average molecular weight is 391 g/mol. The summed E-state index contributed by atoms with van der Waals surface area (Å²) in [5.74, 6) is -0.00776. The summed E-state index contributed by atoms with van der Waals surface area (Å²) >= 11 is 1.73. The Morgan fingerprint density at radius 2 is 1.61 bits per heavy atom. The first-order valence-electron chi connectivity index (χ1n) is 9.37. The Bertz CT molecular complexity index is 909. The van der Waals surface area contributed by atoms with E-state index in [0.717, 1.165) is 23.4 Å². The number of rotatable bonds is 7. The van der Waals surface area contributed by atoms with E-state index in [1.165, 1.54) is 10.5 Å². The smallest absolute Gasteiger partial charge is 0.241 e. The molecule has 1 N–H and O–H groups in total. The van der Waals surface area contributed by atoms with E-state index in [2.05, 4.69) is 52.9 Å². The summed E-state index contributed by atoms with van der Waals surface area (Å²) in [6, 6.07) is 26.3. The normalized spacial score (nSPS) is 12.0. The zero-order valence-electron chi connectivity index (χ0n) is 16.6. The van der Waals surface area contributed by atoms with E-state index in [-0.39, 0.29) is 11.9 Å². The predicted octanol–water partition coefficient (Wildman–Crippen LogP) is 5.53. The minimum absolute atomic E-state index is 0.00776. The van der Waals surface area contributed by atoms with Crippen molar-refractivity contribution < 1.29 is 4.79 Å². The second-order valence-electron chi connectivity index (χ2n) is 6.84. The summed E-state index contributed by atoms with van der Waals surface area (Å²) in [6.07, 6.45) is 2.07. The van der Waals surface area contributed by atoms with E-state index in [1.54, 1.807) is 11.8 Å². The molecule has 3 nitrogen and oxygen atoms in total. The van der Waals surface area contributed by atoms with Crippen LogP contribution in [0.3, 0.4) is 0 Å². The first-order chi connectivity index (χ1) is 13.6. The average Bonchev–Trinajstić information content (AvgIpc) is 2.74. The Kier molecular flexibility index (Phi) is 6.90. The number of carbonyl (C=O) groups is 1. The molecule has 0 aliphatic rings. The molecule has 0 saturated heterocycles. The number of hydrogen-bond acceptors (Lipinski definition) is 3. The van der Waals surface area contributed by atoms with Gasteiger partial charge in [-0.3, -0.25) is 9.69 Å². The van der Waals surface area contributed by atoms with Crippen LogP contribution in [-0.2, 0) is 11.3 Å². The van der Waals surface area contributed by atoms with Crippen molar-refractivity contribution in [2.45, 2.75) is 24.4 Å². The molecule has 4 heteroatoms. The van der Waals surface area contributed by atoms with Gasteiger partial charge in [-0.2, -0.15) is 0 Å². The Hall–Kier alpha value is -2.56. The number of likely N-dealkylation sites (N-methyl/N-ethyl adjacent to an activating group) is 1. The Balaban J connectivity index is 1.69. The molecule has 0 aromatic heterocycles. The van der Waals surface area contributed by atoms with E-state index >= 15 is 0 Å². The summed E-state index contributed by atoms with van der Waals surface area (Å²) in [5, 5.41) is 3.11. The number of carbonyl (C=O) groups excluding carboxylic acids is 1. The van der Waals surface area contributed by atoms with E-state index in [9.17, 15) is 4.79 Å². The van der Waals surface area contributed by atoms with Crippen LogP contribution in [0.2, 0.25) is 0 Å². The molecule has 0 bridgehead atoms. The van der Waals surface area contributed by atoms with Crippen molar-refractivity contribution in [1.29, 1.82) is 0 Å². The van der Waals surface area contributed by atoms with Gasteiger partial charge in [-0.25, -0.2) is 0 Å². The SMILES string of the molecule is CSc1ccc(CN(C)[C@H](C)C(=O)Nc2ccccc2-c2ccccc2)cc1. The van der Waals surface area contributed by atoms with Crippen LogP contribution in [0.5, 0.6) is 0 Å². The lowest BCUT2D eigenvalue weighted by Gasteiger charge is -2.24. The first kappa shape index (κ1) is 20.2. The van der Waals surface area contributed by atoms with E-state index in [4.69, 9.17) is 0 Å². The number of anilines is 1. The fourth-order valence-electron chi connectivity index (χ4n) is 3.05. The molecular formula is C24H26N2OS. The highest BCUT2D eigenvalue weighted by Crippen LogP contribution is 2.27. The lowest BCUT2D eigenvalue weighted by Crippen LogP contribution is -2.39. The highest BCUT2D eigenvalue weighted by molar-refractivity contribution is 7.98. The highest BCUT2D eigenvalue weighted by atomic mass is 32.2. The van der Waals surface area contributed by atoms with Crippen LogP contribution in [-0.4, -0.2) is 30.2 Å². The fraction of sp³-hybridized carbons (Fsp3) is 0.208. The summed E-state index contributed by atoms with van der Waals surface area (Å²) < 4.78 is 0. The molecule has 144 valence electrons. The first-order valence-corrected chi connectivity index (χ1v) is 10.6. The summed E-state index contributed by atoms with van der Waals surface area (Å²) in [6.45, 7) is 2.67. The standard InChI is InChI=1S/C24H26N2OS/c1-18(26(2)17-19-13-15-21(28-3)16-14-19)24(27)25-23-12-8-7-11-22(23)20-9-5-4-6-10-20/h4-16,18H,17H2,1-3H3,(H,25,27)/t18-/m1/s1. The Morgan fingerprint density at radius 3 is 2.29 bits per heavy atom. The minimum Gasteiger partial charge on any atom is -0.324 e. The van der Waals surface area contributed by atoms with Gasteiger partial charge in [-0.15, -0.1) is 11.8 Å². The van der Waals surface area contributed by atoms with Gasteiger partial charge in [0.05, 0.1) is 6.04 Å². The summed E-state index contributed by atoms with van der Waals surface area (Å²) in [7, 11) is 1.98. The molecule has 1 atom stereocenters. The fourth-order valence-corrected chi connectivity index (χ4v) is 3.46. The molecule has 0 radical (unpaired) electrons. The van der Waals surface area contributed by atoms with Crippen LogP contribution >= 0.6 is 11.8 Å². The van der Waals surface area contributed by atoms with Gasteiger partial charge in [0, 0.05) is 22.7 Å². The zero-order chi connectivity index (χ0) is 19.9. The monoisotopic (exact) mass is 390 g/mol. The van der Waals surface area contributed by atoms with Crippen LogP contribution < -0.4 is 5.32 Å². The molecule has 0 fully saturated rings. The third-order valence-corrected chi connectivity index (χ3v) is 5.64. The second-order valence-corrected chi connectivity index (χ2v) is 7.72. The topological polar surface area (TPSA) is 32.3 Å². The molecule has 0 aliphatic carbocycles. The van der Waals surface area contributed by atoms with E-state index in [0.29, 0.717) is 0 Å². The van der Waals surface area contributed by atoms with Gasteiger partial charge >= 0.3 is 0 Å². The zero-order valence-corrected chi connectivity index (χ0v) is 17.4. The molecule has 1 amide bonds. The molecule has 0 saturated carbocycles. The van der Waals surface area contributed by atoms with Crippen LogP contribution in [0.25, 0.3) is 11.1 Å². The van der Waals surface area contributed by atoms with Gasteiger partial charge in [-0.05, 0) is 49.6 Å².